The van der Waals surface area contributed by atoms with Crippen molar-refractivity contribution in [3.63, 3.8) is 0 Å². The number of anilines is 1. The van der Waals surface area contributed by atoms with Gasteiger partial charge in [-0.05, 0) is 40.5 Å². The van der Waals surface area contributed by atoms with Crippen LogP contribution in [0.5, 0.6) is 0 Å². The summed E-state index contributed by atoms with van der Waals surface area (Å²) < 4.78 is 0. The predicted molar refractivity (Wildman–Crippen MR) is 113 cm³/mol. The second-order valence-electron chi connectivity index (χ2n) is 8.03. The third-order valence-corrected chi connectivity index (χ3v) is 4.99. The number of benzene rings is 3. The van der Waals surface area contributed by atoms with Crippen LogP contribution >= 0.6 is 0 Å². The molecule has 0 aliphatic carbocycles. The summed E-state index contributed by atoms with van der Waals surface area (Å²) in [5.41, 5.74) is 5.52. The van der Waals surface area contributed by atoms with E-state index in [4.69, 9.17) is 0 Å². The fraction of sp³-hybridized carbons (Fsp3) is 0.280. The van der Waals surface area contributed by atoms with Gasteiger partial charge in [0.1, 0.15) is 0 Å². The highest BCUT2D eigenvalue weighted by molar-refractivity contribution is 5.54. The van der Waals surface area contributed by atoms with Crippen LogP contribution in [-0.2, 0) is 13.0 Å². The first-order valence-electron chi connectivity index (χ1n) is 9.44. The number of rotatable bonds is 6. The quantitative estimate of drug-likeness (QED) is 0.527. The van der Waals surface area contributed by atoms with Gasteiger partial charge in [0.15, 0.2) is 0 Å². The van der Waals surface area contributed by atoms with Crippen LogP contribution in [-0.4, -0.2) is 0 Å². The van der Waals surface area contributed by atoms with Gasteiger partial charge in [0.25, 0.3) is 0 Å². The molecule has 26 heavy (non-hydrogen) atoms. The fourth-order valence-electron chi connectivity index (χ4n) is 3.49. The zero-order valence-electron chi connectivity index (χ0n) is 16.1. The van der Waals surface area contributed by atoms with E-state index in [0.29, 0.717) is 5.92 Å². The van der Waals surface area contributed by atoms with Crippen LogP contribution in [0.1, 0.15) is 43.4 Å². The third-order valence-electron chi connectivity index (χ3n) is 4.99. The second kappa shape index (κ2) is 8.23. The maximum absolute atomic E-state index is 3.67. The molecule has 0 saturated heterocycles. The fourth-order valence-corrected chi connectivity index (χ4v) is 3.49. The minimum atomic E-state index is 0.181. The van der Waals surface area contributed by atoms with Gasteiger partial charge >= 0.3 is 0 Å². The molecule has 0 aliphatic heterocycles. The molecule has 0 spiro atoms. The van der Waals surface area contributed by atoms with Crippen LogP contribution in [0.25, 0.3) is 0 Å². The molecular weight excluding hydrogens is 314 g/mol. The minimum Gasteiger partial charge on any atom is -0.381 e. The van der Waals surface area contributed by atoms with Gasteiger partial charge in [-0.2, -0.15) is 0 Å². The van der Waals surface area contributed by atoms with E-state index in [0.717, 1.165) is 13.0 Å². The van der Waals surface area contributed by atoms with E-state index in [1.54, 1.807) is 0 Å². The molecule has 1 atom stereocenters. The Labute approximate surface area is 158 Å². The second-order valence-corrected chi connectivity index (χ2v) is 8.03. The maximum Gasteiger partial charge on any atom is 0.0400 e. The van der Waals surface area contributed by atoms with Crippen molar-refractivity contribution < 1.29 is 0 Å². The molecule has 0 bridgehead atoms. The van der Waals surface area contributed by atoms with Crippen LogP contribution in [0.15, 0.2) is 84.9 Å². The molecule has 0 aliphatic rings. The van der Waals surface area contributed by atoms with Gasteiger partial charge < -0.3 is 5.32 Å². The van der Waals surface area contributed by atoms with Crippen LogP contribution in [0.2, 0.25) is 0 Å². The van der Waals surface area contributed by atoms with Crippen LogP contribution in [0.4, 0.5) is 5.69 Å². The van der Waals surface area contributed by atoms with Crippen molar-refractivity contribution in [2.45, 2.75) is 39.7 Å². The molecule has 1 heteroatoms. The Kier molecular flexibility index (Phi) is 5.78. The molecule has 3 aromatic rings. The first-order chi connectivity index (χ1) is 12.5. The van der Waals surface area contributed by atoms with Crippen molar-refractivity contribution in [2.24, 2.45) is 5.41 Å². The van der Waals surface area contributed by atoms with Crippen molar-refractivity contribution in [1.29, 1.82) is 0 Å². The molecule has 0 aromatic heterocycles. The van der Waals surface area contributed by atoms with Crippen LogP contribution in [0, 0.1) is 5.41 Å². The van der Waals surface area contributed by atoms with Gasteiger partial charge in [0, 0.05) is 12.2 Å². The average molecular weight is 344 g/mol. The van der Waals surface area contributed by atoms with E-state index in [1.807, 2.05) is 0 Å². The van der Waals surface area contributed by atoms with E-state index in [1.165, 1.54) is 22.4 Å². The Hall–Kier alpha value is -2.54. The molecule has 1 N–H and O–H groups in total. The highest BCUT2D eigenvalue weighted by Crippen LogP contribution is 2.40. The molecule has 134 valence electrons. The molecule has 0 fully saturated rings. The molecular formula is C25H29N. The lowest BCUT2D eigenvalue weighted by molar-refractivity contribution is 0.318. The lowest BCUT2D eigenvalue weighted by Gasteiger charge is -2.33. The smallest absolute Gasteiger partial charge is 0.0400 e. The van der Waals surface area contributed by atoms with Crippen molar-refractivity contribution in [2.75, 3.05) is 5.32 Å². The standard InChI is InChI=1S/C25H29N/c1-25(2,3)23(18-20-12-6-4-7-13-20)22-16-10-11-17-24(22)26-19-21-14-8-5-9-15-21/h4-17,23,26H,18-19H2,1-3H3/t23-/m0/s1. The summed E-state index contributed by atoms with van der Waals surface area (Å²) in [4.78, 5) is 0. The first-order valence-corrected chi connectivity index (χ1v) is 9.44. The number of hydrogen-bond acceptors (Lipinski definition) is 1. The molecule has 3 aromatic carbocycles. The number of hydrogen-bond donors (Lipinski definition) is 1. The molecule has 1 nitrogen and oxygen atoms in total. The predicted octanol–water partition coefficient (Wildman–Crippen LogP) is 6.67. The molecule has 0 heterocycles. The Morgan fingerprint density at radius 2 is 1.23 bits per heavy atom. The van der Waals surface area contributed by atoms with Gasteiger partial charge in [0.2, 0.25) is 0 Å². The molecule has 0 unspecified atom stereocenters. The Morgan fingerprint density at radius 3 is 1.85 bits per heavy atom. The van der Waals surface area contributed by atoms with E-state index >= 15 is 0 Å². The molecule has 0 saturated carbocycles. The Morgan fingerprint density at radius 1 is 0.692 bits per heavy atom. The summed E-state index contributed by atoms with van der Waals surface area (Å²) in [6.45, 7) is 7.87. The van der Waals surface area contributed by atoms with E-state index < -0.39 is 0 Å². The molecule has 3 rings (SSSR count). The zero-order valence-corrected chi connectivity index (χ0v) is 16.1. The van der Waals surface area contributed by atoms with Gasteiger partial charge in [-0.15, -0.1) is 0 Å². The monoisotopic (exact) mass is 343 g/mol. The SMILES string of the molecule is CC(C)(C)[C@@H](Cc1ccccc1)c1ccccc1NCc1ccccc1. The summed E-state index contributed by atoms with van der Waals surface area (Å²) in [5.74, 6) is 0.448. The largest absolute Gasteiger partial charge is 0.381 e. The van der Waals surface area contributed by atoms with Crippen molar-refractivity contribution >= 4 is 5.69 Å². The minimum absolute atomic E-state index is 0.181. The van der Waals surface area contributed by atoms with Crippen LogP contribution < -0.4 is 5.32 Å². The summed E-state index contributed by atoms with van der Waals surface area (Å²) in [7, 11) is 0. The zero-order chi connectivity index (χ0) is 18.4. The summed E-state index contributed by atoms with van der Waals surface area (Å²) in [5, 5.41) is 3.67. The van der Waals surface area contributed by atoms with E-state index in [2.05, 4.69) is 111 Å². The normalized spacial score (nSPS) is 12.6. The van der Waals surface area contributed by atoms with Crippen molar-refractivity contribution in [1.82, 2.24) is 0 Å². The van der Waals surface area contributed by atoms with Gasteiger partial charge in [-0.25, -0.2) is 0 Å². The summed E-state index contributed by atoms with van der Waals surface area (Å²) >= 11 is 0. The number of para-hydroxylation sites is 1. The topological polar surface area (TPSA) is 12.0 Å². The van der Waals surface area contributed by atoms with Crippen molar-refractivity contribution in [3.8, 4) is 0 Å². The maximum atomic E-state index is 3.67. The van der Waals surface area contributed by atoms with E-state index in [9.17, 15) is 0 Å². The highest BCUT2D eigenvalue weighted by Gasteiger charge is 2.28. The van der Waals surface area contributed by atoms with Gasteiger partial charge in [-0.1, -0.05) is 99.6 Å². The highest BCUT2D eigenvalue weighted by atomic mass is 14.9. The average Bonchev–Trinajstić information content (AvgIpc) is 2.66. The molecule has 0 amide bonds. The lowest BCUT2D eigenvalue weighted by Crippen LogP contribution is -2.22. The molecule has 0 radical (unpaired) electrons. The summed E-state index contributed by atoms with van der Waals surface area (Å²) in [6.07, 6.45) is 1.05. The van der Waals surface area contributed by atoms with Gasteiger partial charge in [0.05, 0.1) is 0 Å². The summed E-state index contributed by atoms with van der Waals surface area (Å²) in [6, 6.07) is 30.2. The van der Waals surface area contributed by atoms with E-state index in [-0.39, 0.29) is 5.41 Å². The number of nitrogens with one attached hydrogen (secondary N) is 1. The Balaban J connectivity index is 1.87. The third kappa shape index (κ3) is 4.76. The van der Waals surface area contributed by atoms with Gasteiger partial charge in [-0.3, -0.25) is 0 Å². The lowest BCUT2D eigenvalue weighted by atomic mass is 9.73. The van der Waals surface area contributed by atoms with Crippen LogP contribution in [0.3, 0.4) is 0 Å². The Bertz CT molecular complexity index is 800. The first kappa shape index (κ1) is 18.3. The van der Waals surface area contributed by atoms with Crippen molar-refractivity contribution in [3.05, 3.63) is 102 Å².